The summed E-state index contributed by atoms with van der Waals surface area (Å²) in [5, 5.41) is 6.36. The highest BCUT2D eigenvalue weighted by atomic mass is 16.6. The molecule has 1 fully saturated rings. The molecule has 0 saturated heterocycles. The summed E-state index contributed by atoms with van der Waals surface area (Å²) in [6.45, 7) is 8.94. The smallest absolute Gasteiger partial charge is 0.407 e. The van der Waals surface area contributed by atoms with E-state index >= 15 is 0 Å². The molecule has 1 amide bonds. The number of nitrogens with one attached hydrogen (secondary N) is 2. The number of carbonyl (C=O) groups excluding carboxylic acids is 1. The molecule has 0 bridgehead atoms. The summed E-state index contributed by atoms with van der Waals surface area (Å²) in [6, 6.07) is 4.37. The van der Waals surface area contributed by atoms with E-state index < -0.39 is 5.60 Å². The van der Waals surface area contributed by atoms with Gasteiger partial charge in [-0.25, -0.2) is 4.79 Å². The van der Waals surface area contributed by atoms with E-state index in [-0.39, 0.29) is 12.1 Å². The lowest BCUT2D eigenvalue weighted by molar-refractivity contribution is 0.0521. The SMILES string of the molecule is Cc1ccc(CNC(CNC(=O)OC(C)(C)C)C2CC2)nc1. The van der Waals surface area contributed by atoms with E-state index in [1.807, 2.05) is 40.0 Å². The number of alkyl carbamates (subject to hydrolysis) is 1. The molecule has 2 N–H and O–H groups in total. The maximum atomic E-state index is 11.7. The zero-order valence-electron chi connectivity index (χ0n) is 14.0. The molecule has 22 heavy (non-hydrogen) atoms. The average molecular weight is 305 g/mol. The molecule has 2 rings (SSSR count). The average Bonchev–Trinajstić information content (AvgIpc) is 3.23. The summed E-state index contributed by atoms with van der Waals surface area (Å²) < 4.78 is 5.27. The van der Waals surface area contributed by atoms with E-state index in [9.17, 15) is 4.79 Å². The van der Waals surface area contributed by atoms with Gasteiger partial charge in [-0.1, -0.05) is 6.07 Å². The molecule has 1 aliphatic rings. The van der Waals surface area contributed by atoms with Crippen molar-refractivity contribution in [2.24, 2.45) is 5.92 Å². The maximum absolute atomic E-state index is 11.7. The van der Waals surface area contributed by atoms with E-state index in [0.717, 1.165) is 17.8 Å². The third kappa shape index (κ3) is 6.02. The van der Waals surface area contributed by atoms with Crippen LogP contribution < -0.4 is 10.6 Å². The highest BCUT2D eigenvalue weighted by molar-refractivity contribution is 5.67. The van der Waals surface area contributed by atoms with Gasteiger partial charge < -0.3 is 15.4 Å². The number of amides is 1. The van der Waals surface area contributed by atoms with E-state index in [1.54, 1.807) is 0 Å². The van der Waals surface area contributed by atoms with Crippen molar-refractivity contribution < 1.29 is 9.53 Å². The third-order valence-electron chi connectivity index (χ3n) is 3.57. The minimum absolute atomic E-state index is 0.274. The van der Waals surface area contributed by atoms with Crippen molar-refractivity contribution in [3.05, 3.63) is 29.6 Å². The van der Waals surface area contributed by atoms with Crippen LogP contribution in [0.3, 0.4) is 0 Å². The van der Waals surface area contributed by atoms with Crippen molar-refractivity contribution in [3.63, 3.8) is 0 Å². The van der Waals surface area contributed by atoms with Crippen LogP contribution in [-0.4, -0.2) is 29.3 Å². The van der Waals surface area contributed by atoms with Crippen LogP contribution in [0.2, 0.25) is 0 Å². The van der Waals surface area contributed by atoms with Gasteiger partial charge in [0.25, 0.3) is 0 Å². The zero-order valence-corrected chi connectivity index (χ0v) is 14.0. The molecule has 1 aliphatic carbocycles. The van der Waals surface area contributed by atoms with Gasteiger partial charge in [0, 0.05) is 25.3 Å². The molecule has 5 nitrogen and oxygen atoms in total. The molecule has 1 aromatic rings. The first-order valence-corrected chi connectivity index (χ1v) is 7.95. The molecule has 1 heterocycles. The quantitative estimate of drug-likeness (QED) is 0.848. The van der Waals surface area contributed by atoms with E-state index in [1.165, 1.54) is 12.8 Å². The van der Waals surface area contributed by atoms with Gasteiger partial charge in [-0.05, 0) is 58.1 Å². The fourth-order valence-corrected chi connectivity index (χ4v) is 2.25. The van der Waals surface area contributed by atoms with Gasteiger partial charge in [0.1, 0.15) is 5.60 Å². The van der Waals surface area contributed by atoms with Gasteiger partial charge in [-0.3, -0.25) is 4.98 Å². The molecule has 1 atom stereocenters. The van der Waals surface area contributed by atoms with Crippen LogP contribution in [0, 0.1) is 12.8 Å². The first-order valence-electron chi connectivity index (χ1n) is 7.95. The Kier molecular flexibility index (Phi) is 5.40. The predicted molar refractivity (Wildman–Crippen MR) is 86.6 cm³/mol. The molecule has 1 unspecified atom stereocenters. The normalized spacial score (nSPS) is 16.2. The van der Waals surface area contributed by atoms with Gasteiger partial charge >= 0.3 is 6.09 Å². The Morgan fingerprint density at radius 3 is 2.68 bits per heavy atom. The minimum atomic E-state index is -0.460. The Morgan fingerprint density at radius 2 is 2.14 bits per heavy atom. The van der Waals surface area contributed by atoms with E-state index in [4.69, 9.17) is 4.74 Å². The van der Waals surface area contributed by atoms with Gasteiger partial charge in [-0.2, -0.15) is 0 Å². The van der Waals surface area contributed by atoms with Crippen LogP contribution in [0.5, 0.6) is 0 Å². The van der Waals surface area contributed by atoms with Crippen molar-refractivity contribution >= 4 is 6.09 Å². The van der Waals surface area contributed by atoms with Crippen molar-refractivity contribution in [2.45, 2.75) is 58.7 Å². The molecule has 1 aromatic heterocycles. The fraction of sp³-hybridized carbons (Fsp3) is 0.647. The first-order chi connectivity index (χ1) is 10.3. The summed E-state index contributed by atoms with van der Waals surface area (Å²) in [5.74, 6) is 0.639. The molecule has 0 radical (unpaired) electrons. The molecule has 0 aromatic carbocycles. The lowest BCUT2D eigenvalue weighted by Gasteiger charge is -2.22. The number of carbonyl (C=O) groups is 1. The number of nitrogens with zero attached hydrogens (tertiary/aromatic N) is 1. The Balaban J connectivity index is 1.78. The Morgan fingerprint density at radius 1 is 1.41 bits per heavy atom. The van der Waals surface area contributed by atoms with Crippen LogP contribution in [0.25, 0.3) is 0 Å². The maximum Gasteiger partial charge on any atom is 0.407 e. The highest BCUT2D eigenvalue weighted by Crippen LogP contribution is 2.32. The largest absolute Gasteiger partial charge is 0.444 e. The van der Waals surface area contributed by atoms with Crippen LogP contribution in [-0.2, 0) is 11.3 Å². The van der Waals surface area contributed by atoms with Crippen molar-refractivity contribution in [1.29, 1.82) is 0 Å². The van der Waals surface area contributed by atoms with Gasteiger partial charge in [-0.15, -0.1) is 0 Å². The van der Waals surface area contributed by atoms with Crippen molar-refractivity contribution in [2.75, 3.05) is 6.54 Å². The standard InChI is InChI=1S/C17H27N3O2/c1-12-5-8-14(18-9-12)10-19-15(13-6-7-13)11-20-16(21)22-17(2,3)4/h5,8-9,13,15,19H,6-7,10-11H2,1-4H3,(H,20,21). The Labute approximate surface area is 132 Å². The second-order valence-electron chi connectivity index (χ2n) is 7.03. The van der Waals surface area contributed by atoms with Gasteiger partial charge in [0.05, 0.1) is 5.69 Å². The topological polar surface area (TPSA) is 63.2 Å². The summed E-state index contributed by atoms with van der Waals surface area (Å²) in [7, 11) is 0. The van der Waals surface area contributed by atoms with Crippen molar-refractivity contribution in [1.82, 2.24) is 15.6 Å². The zero-order chi connectivity index (χ0) is 16.2. The molecule has 5 heteroatoms. The molecule has 0 aliphatic heterocycles. The van der Waals surface area contributed by atoms with Crippen LogP contribution in [0.4, 0.5) is 4.79 Å². The number of pyridine rings is 1. The second-order valence-corrected chi connectivity index (χ2v) is 7.03. The highest BCUT2D eigenvalue weighted by Gasteiger charge is 2.31. The number of aromatic nitrogens is 1. The fourth-order valence-electron chi connectivity index (χ4n) is 2.25. The Bertz CT molecular complexity index is 490. The molecular formula is C17H27N3O2. The summed E-state index contributed by atoms with van der Waals surface area (Å²) in [6.07, 6.45) is 3.96. The van der Waals surface area contributed by atoms with Gasteiger partial charge in [0.15, 0.2) is 0 Å². The molecule has 1 saturated carbocycles. The number of hydrogen-bond acceptors (Lipinski definition) is 4. The Hall–Kier alpha value is -1.62. The lowest BCUT2D eigenvalue weighted by atomic mass is 10.1. The first kappa shape index (κ1) is 16.7. The molecule has 0 spiro atoms. The lowest BCUT2D eigenvalue weighted by Crippen LogP contribution is -2.43. The minimum Gasteiger partial charge on any atom is -0.444 e. The van der Waals surface area contributed by atoms with Crippen LogP contribution in [0.1, 0.15) is 44.9 Å². The number of rotatable bonds is 6. The van der Waals surface area contributed by atoms with Crippen LogP contribution in [0.15, 0.2) is 18.3 Å². The number of hydrogen-bond donors (Lipinski definition) is 2. The van der Waals surface area contributed by atoms with E-state index in [2.05, 4.69) is 21.7 Å². The third-order valence-corrected chi connectivity index (χ3v) is 3.57. The van der Waals surface area contributed by atoms with Crippen molar-refractivity contribution in [3.8, 4) is 0 Å². The summed E-state index contributed by atoms with van der Waals surface area (Å²) >= 11 is 0. The monoisotopic (exact) mass is 305 g/mol. The van der Waals surface area contributed by atoms with Crippen LogP contribution >= 0.6 is 0 Å². The summed E-state index contributed by atoms with van der Waals surface area (Å²) in [4.78, 5) is 16.1. The number of aryl methyl sites for hydroxylation is 1. The molecule has 122 valence electrons. The number of ether oxygens (including phenoxy) is 1. The summed E-state index contributed by atoms with van der Waals surface area (Å²) in [5.41, 5.74) is 1.72. The van der Waals surface area contributed by atoms with Gasteiger partial charge in [0.2, 0.25) is 0 Å². The predicted octanol–water partition coefficient (Wildman–Crippen LogP) is 2.78. The molecular weight excluding hydrogens is 278 g/mol. The second kappa shape index (κ2) is 7.09. The van der Waals surface area contributed by atoms with E-state index in [0.29, 0.717) is 12.5 Å².